The molecule has 0 radical (unpaired) electrons. The molecule has 1 saturated heterocycles. The molecule has 1 aliphatic rings. The van der Waals surface area contributed by atoms with Crippen LogP contribution in [0.3, 0.4) is 0 Å². The second-order valence-electron chi connectivity index (χ2n) is 11.0. The number of amidine groups is 1. The van der Waals surface area contributed by atoms with Gasteiger partial charge in [0.1, 0.15) is 12.1 Å². The first-order valence-corrected chi connectivity index (χ1v) is 15.7. The third-order valence-corrected chi connectivity index (χ3v) is 8.45. The molecule has 4 aromatic rings. The highest BCUT2D eigenvalue weighted by Gasteiger charge is 2.33. The first kappa shape index (κ1) is 33.1. The van der Waals surface area contributed by atoms with Crippen LogP contribution in [-0.2, 0) is 4.79 Å². The Morgan fingerprint density at radius 3 is 2.43 bits per heavy atom. The highest BCUT2D eigenvalue weighted by atomic mass is 32.2. The number of nitrogens with one attached hydrogen (secondary N) is 1. The van der Waals surface area contributed by atoms with Crippen LogP contribution in [0, 0.1) is 6.92 Å². The number of carbonyl (C=O) groups is 1. The van der Waals surface area contributed by atoms with Gasteiger partial charge in [0.05, 0.1) is 23.2 Å². The van der Waals surface area contributed by atoms with E-state index in [-0.39, 0.29) is 28.7 Å². The minimum absolute atomic E-state index is 0.0337. The van der Waals surface area contributed by atoms with Crippen LogP contribution in [0.5, 0.6) is 5.75 Å². The smallest absolute Gasteiger partial charge is 0.406 e. The lowest BCUT2D eigenvalue weighted by Gasteiger charge is -2.26. The number of hydrazine groups is 1. The zero-order valence-corrected chi connectivity index (χ0v) is 27.4. The summed E-state index contributed by atoms with van der Waals surface area (Å²) < 4.78 is 42.7. The normalized spacial score (nSPS) is 15.2. The number of amides is 1. The number of thioether (sulfide) groups is 1. The number of nitrogens with zero attached hydrogens (tertiary/aromatic N) is 6. The molecule has 0 saturated carbocycles. The van der Waals surface area contributed by atoms with E-state index in [9.17, 15) is 18.0 Å². The van der Waals surface area contributed by atoms with Crippen molar-refractivity contribution >= 4 is 45.9 Å². The molecule has 1 atom stereocenters. The molecule has 1 unspecified atom stereocenters. The van der Waals surface area contributed by atoms with Gasteiger partial charge in [-0.1, -0.05) is 62.0 Å². The summed E-state index contributed by atoms with van der Waals surface area (Å²) in [6.07, 6.45) is -3.26. The number of rotatable bonds is 8. The van der Waals surface area contributed by atoms with Crippen molar-refractivity contribution in [1.29, 1.82) is 0 Å². The Kier molecular flexibility index (Phi) is 9.79. The van der Waals surface area contributed by atoms with Gasteiger partial charge in [-0.25, -0.2) is 14.7 Å². The zero-order valence-electron chi connectivity index (χ0n) is 25.7. The minimum Gasteiger partial charge on any atom is -0.406 e. The molecule has 0 aliphatic carbocycles. The van der Waals surface area contributed by atoms with Crippen molar-refractivity contribution in [2.45, 2.75) is 46.0 Å². The lowest BCUT2D eigenvalue weighted by Crippen LogP contribution is -2.40. The van der Waals surface area contributed by atoms with Crippen LogP contribution in [0.1, 0.15) is 49.4 Å². The van der Waals surface area contributed by atoms with Crippen LogP contribution < -0.4 is 15.1 Å². The SMILES string of the molecule is Cc1ccc(C(C)C)c(N2C(=O)CS/C2=N\C(=S)NN(C)C(C)c2ccc(-c3ncn(-c4ccc(OC(F)(F)F)cc4)n3)cc2)c1. The van der Waals surface area contributed by atoms with Crippen molar-refractivity contribution in [3.05, 3.63) is 89.7 Å². The monoisotopic (exact) mass is 667 g/mol. The highest BCUT2D eigenvalue weighted by molar-refractivity contribution is 8.15. The molecule has 2 heterocycles. The van der Waals surface area contributed by atoms with Gasteiger partial charge >= 0.3 is 6.36 Å². The molecule has 0 spiro atoms. The number of aromatic nitrogens is 3. The Bertz CT molecular complexity index is 1760. The number of benzene rings is 3. The number of aryl methyl sites for hydroxylation is 1. The van der Waals surface area contributed by atoms with Gasteiger partial charge in [-0.3, -0.25) is 15.1 Å². The molecular formula is C32H32F3N7O2S2. The second-order valence-corrected chi connectivity index (χ2v) is 12.3. The molecule has 1 aliphatic heterocycles. The number of halogens is 3. The second kappa shape index (κ2) is 13.6. The minimum atomic E-state index is -4.76. The number of aliphatic imine (C=N–C) groups is 1. The fourth-order valence-electron chi connectivity index (χ4n) is 4.83. The van der Waals surface area contributed by atoms with Gasteiger partial charge in [-0.05, 0) is 79.0 Å². The Labute approximate surface area is 274 Å². The number of hydrogen-bond donors (Lipinski definition) is 1. The van der Waals surface area contributed by atoms with Crippen LogP contribution in [0.2, 0.25) is 0 Å². The van der Waals surface area contributed by atoms with Gasteiger partial charge in [0, 0.05) is 12.6 Å². The summed E-state index contributed by atoms with van der Waals surface area (Å²) in [4.78, 5) is 23.6. The Morgan fingerprint density at radius 1 is 1.09 bits per heavy atom. The van der Waals surface area contributed by atoms with E-state index in [2.05, 4.69) is 45.2 Å². The summed E-state index contributed by atoms with van der Waals surface area (Å²) in [7, 11) is 1.86. The van der Waals surface area contributed by atoms with Crippen LogP contribution in [-0.4, -0.2) is 55.1 Å². The molecule has 0 bridgehead atoms. The molecular weight excluding hydrogens is 636 g/mol. The van der Waals surface area contributed by atoms with Gasteiger partial charge in [0.15, 0.2) is 11.0 Å². The summed E-state index contributed by atoms with van der Waals surface area (Å²) in [6.45, 7) is 8.21. The number of thiocarbonyl (C=S) groups is 1. The molecule has 1 N–H and O–H groups in total. The maximum absolute atomic E-state index is 12.9. The highest BCUT2D eigenvalue weighted by Crippen LogP contribution is 2.34. The van der Waals surface area contributed by atoms with Crippen LogP contribution in [0.4, 0.5) is 18.9 Å². The lowest BCUT2D eigenvalue weighted by molar-refractivity contribution is -0.274. The number of anilines is 1. The predicted octanol–water partition coefficient (Wildman–Crippen LogP) is 7.18. The Hall–Kier alpha value is -4.27. The quantitative estimate of drug-likeness (QED) is 0.156. The van der Waals surface area contributed by atoms with Crippen LogP contribution in [0.15, 0.2) is 78.0 Å². The van der Waals surface area contributed by atoms with Crippen molar-refractivity contribution in [1.82, 2.24) is 25.2 Å². The third kappa shape index (κ3) is 7.74. The Morgan fingerprint density at radius 2 is 1.78 bits per heavy atom. The third-order valence-electron chi connectivity index (χ3n) is 7.34. The van der Waals surface area contributed by atoms with Crippen molar-refractivity contribution in [2.24, 2.45) is 4.99 Å². The molecule has 46 heavy (non-hydrogen) atoms. The number of ether oxygens (including phenoxy) is 1. The predicted molar refractivity (Wildman–Crippen MR) is 178 cm³/mol. The van der Waals surface area contributed by atoms with E-state index in [1.165, 1.54) is 47.0 Å². The van der Waals surface area contributed by atoms with Gasteiger partial charge in [0.25, 0.3) is 0 Å². The molecule has 5 rings (SSSR count). The molecule has 1 fully saturated rings. The lowest BCUT2D eigenvalue weighted by atomic mass is 9.99. The van der Waals surface area contributed by atoms with E-state index >= 15 is 0 Å². The van der Waals surface area contributed by atoms with E-state index < -0.39 is 6.36 Å². The van der Waals surface area contributed by atoms with Gasteiger partial charge in [-0.2, -0.15) is 4.99 Å². The average Bonchev–Trinajstić information content (AvgIpc) is 3.63. The molecule has 9 nitrogen and oxygen atoms in total. The zero-order chi connectivity index (χ0) is 33.2. The topological polar surface area (TPSA) is 87.9 Å². The number of carbonyl (C=O) groups excluding carboxylic acids is 1. The maximum Gasteiger partial charge on any atom is 0.573 e. The van der Waals surface area contributed by atoms with Crippen LogP contribution >= 0.6 is 24.0 Å². The largest absolute Gasteiger partial charge is 0.573 e. The van der Waals surface area contributed by atoms with E-state index in [1.54, 1.807) is 4.90 Å². The van der Waals surface area contributed by atoms with Gasteiger partial charge in [0.2, 0.25) is 11.0 Å². The first-order valence-electron chi connectivity index (χ1n) is 14.4. The molecule has 3 aromatic carbocycles. The van der Waals surface area contributed by atoms with Gasteiger partial charge < -0.3 is 4.74 Å². The van der Waals surface area contributed by atoms with Crippen molar-refractivity contribution in [2.75, 3.05) is 17.7 Å². The fraction of sp³-hybridized carbons (Fsp3) is 0.281. The molecule has 1 amide bonds. The van der Waals surface area contributed by atoms with Gasteiger partial charge in [-0.15, -0.1) is 18.3 Å². The summed E-state index contributed by atoms with van der Waals surface area (Å²) >= 11 is 6.94. The van der Waals surface area contributed by atoms with Crippen molar-refractivity contribution in [3.8, 4) is 22.8 Å². The van der Waals surface area contributed by atoms with E-state index in [1.807, 2.05) is 62.3 Å². The first-order chi connectivity index (χ1) is 21.8. The Balaban J connectivity index is 1.24. The van der Waals surface area contributed by atoms with Crippen molar-refractivity contribution < 1.29 is 22.7 Å². The van der Waals surface area contributed by atoms with E-state index in [4.69, 9.17) is 12.2 Å². The fourth-order valence-corrected chi connectivity index (χ4v) is 5.99. The number of hydrogen-bond acceptors (Lipinski definition) is 7. The van der Waals surface area contributed by atoms with E-state index in [0.29, 0.717) is 22.4 Å². The molecule has 240 valence electrons. The molecule has 1 aromatic heterocycles. The summed E-state index contributed by atoms with van der Waals surface area (Å²) in [5.41, 5.74) is 8.40. The summed E-state index contributed by atoms with van der Waals surface area (Å²) in [6, 6.07) is 19.1. The molecule has 14 heteroatoms. The maximum atomic E-state index is 12.9. The average molecular weight is 668 g/mol. The van der Waals surface area contributed by atoms with Crippen LogP contribution in [0.25, 0.3) is 17.1 Å². The van der Waals surface area contributed by atoms with E-state index in [0.717, 1.165) is 27.9 Å². The summed E-state index contributed by atoms with van der Waals surface area (Å²) in [5.74, 6) is 0.634. The standard InChI is InChI=1S/C32H32F3N7O2S2/c1-19(2)26-15-6-20(3)16-27(26)42-28(43)17-46-31(42)37-30(45)39-40(5)21(4)22-7-9-23(10-8-22)29-36-18-41(38-29)24-11-13-25(14-12-24)44-32(33,34)35/h6-16,18-19,21H,17H2,1-5H3,(H,39,45)/b37-31-. The van der Waals surface area contributed by atoms with Crippen molar-refractivity contribution in [3.63, 3.8) is 0 Å². The summed E-state index contributed by atoms with van der Waals surface area (Å²) in [5, 5.41) is 7.09. The number of alkyl halides is 3.